The maximum absolute atomic E-state index is 14.5. The number of phenols is 2. The van der Waals surface area contributed by atoms with E-state index in [0.717, 1.165) is 0 Å². The van der Waals surface area contributed by atoms with Crippen molar-refractivity contribution in [3.8, 4) is 11.5 Å². The first kappa shape index (κ1) is 74.6. The highest BCUT2D eigenvalue weighted by atomic mass is 16.3. The molecular formula is C63H83N17O15. The first-order valence-corrected chi connectivity index (χ1v) is 30.2. The zero-order valence-electron chi connectivity index (χ0n) is 52.3. The maximum atomic E-state index is 14.5. The maximum Gasteiger partial charge on any atom is 0.245 e. The summed E-state index contributed by atoms with van der Waals surface area (Å²) < 4.78 is 0. The number of aliphatic hydroxyl groups excluding tert-OH is 1. The topological polar surface area (TPSA) is 558 Å². The van der Waals surface area contributed by atoms with Crippen LogP contribution in [-0.2, 0) is 83.2 Å². The highest BCUT2D eigenvalue weighted by molar-refractivity contribution is 6.00. The van der Waals surface area contributed by atoms with Crippen LogP contribution in [0.25, 0.3) is 10.9 Å². The van der Waals surface area contributed by atoms with E-state index in [-0.39, 0.29) is 74.9 Å². The van der Waals surface area contributed by atoms with Crippen LogP contribution in [0.1, 0.15) is 68.2 Å². The van der Waals surface area contributed by atoms with E-state index in [0.29, 0.717) is 33.2 Å². The number of nitrogens with zero attached hydrogens (tertiary/aromatic N) is 1. The zero-order valence-corrected chi connectivity index (χ0v) is 52.3. The lowest BCUT2D eigenvalue weighted by atomic mass is 10.0. The molecule has 0 aliphatic heterocycles. The Bertz CT molecular complexity index is 3530. The number of amides is 12. The van der Waals surface area contributed by atoms with Crippen LogP contribution in [0.5, 0.6) is 11.5 Å². The van der Waals surface area contributed by atoms with Crippen LogP contribution >= 0.6 is 0 Å². The molecule has 9 atom stereocenters. The van der Waals surface area contributed by atoms with Gasteiger partial charge in [0, 0.05) is 42.9 Å². The predicted molar refractivity (Wildman–Crippen MR) is 345 cm³/mol. The molecule has 0 aliphatic rings. The summed E-state index contributed by atoms with van der Waals surface area (Å²) in [7, 11) is 0. The van der Waals surface area contributed by atoms with Gasteiger partial charge < -0.3 is 103 Å². The van der Waals surface area contributed by atoms with Gasteiger partial charge in [0.2, 0.25) is 70.9 Å². The van der Waals surface area contributed by atoms with Gasteiger partial charge in [0.25, 0.3) is 0 Å². The number of aliphatic hydroxyl groups is 1. The van der Waals surface area contributed by atoms with E-state index < -0.39 is 151 Å². The quantitative estimate of drug-likeness (QED) is 0.0101. The number of nitrogens with one attached hydrogen (secondary N) is 10. The molecule has 32 heteroatoms. The summed E-state index contributed by atoms with van der Waals surface area (Å²) in [5.74, 6) is -12.6. The van der Waals surface area contributed by atoms with E-state index in [1.165, 1.54) is 48.5 Å². The van der Waals surface area contributed by atoms with Gasteiger partial charge in [-0.05, 0) is 84.2 Å². The minimum absolute atomic E-state index is 0.0205. The van der Waals surface area contributed by atoms with Crippen LogP contribution in [0.2, 0.25) is 0 Å². The lowest BCUT2D eigenvalue weighted by Gasteiger charge is -2.27. The molecule has 4 aromatic carbocycles. The van der Waals surface area contributed by atoms with Crippen molar-refractivity contribution in [2.75, 3.05) is 19.7 Å². The average molecular weight is 1320 g/mol. The molecule has 0 saturated heterocycles. The van der Waals surface area contributed by atoms with Crippen molar-refractivity contribution < 1.29 is 72.9 Å². The molecule has 510 valence electrons. The van der Waals surface area contributed by atoms with Crippen molar-refractivity contribution in [3.63, 3.8) is 0 Å². The molecule has 95 heavy (non-hydrogen) atoms. The summed E-state index contributed by atoms with van der Waals surface area (Å²) >= 11 is 0. The monoisotopic (exact) mass is 1320 g/mol. The number of aliphatic imine (C=N–C) groups is 1. The third kappa shape index (κ3) is 25.1. The molecule has 9 unspecified atom stereocenters. The standard InChI is InChI=1S/C63H83N17O15/c1-33(2)23-45(58(91)74-43(13-8-22-70-63(68)69)57(90)75-44(54(67)87)25-36-16-20-39(83)21-17-36)73-53(86)31-72-56(89)46(26-34-9-4-3-5-10-34)77-62(95)50(32-81)80-61(94)49(29-52(66)85)79-59(92)47(27-37-30-71-42-12-7-6-11-40(37)42)78-60(93)48(28-51(65)84)76-55(88)41(64)24-35-14-18-38(82)19-15-35/h3-7,9-12,14-21,30,33,41,43-50,71,81-83H,8,13,22-29,31-32,64H2,1-2H3,(H2,65,84)(H2,66,85)(H2,67,87)(H,72,89)(H,73,86)(H,74,91)(H,75,90)(H,76,88)(H,77,95)(H,78,93)(H,79,92)(H,80,94)(H4,68,69,70). The number of primary amides is 3. The van der Waals surface area contributed by atoms with Crippen molar-refractivity contribution in [1.82, 2.24) is 52.8 Å². The molecule has 1 heterocycles. The minimum atomic E-state index is -1.91. The van der Waals surface area contributed by atoms with Crippen LogP contribution in [0, 0.1) is 5.92 Å². The molecule has 32 nitrogen and oxygen atoms in total. The summed E-state index contributed by atoms with van der Waals surface area (Å²) in [6.45, 7) is 1.65. The summed E-state index contributed by atoms with van der Waals surface area (Å²) in [6, 6.07) is 12.8. The van der Waals surface area contributed by atoms with Gasteiger partial charge in [0.1, 0.15) is 59.8 Å². The van der Waals surface area contributed by atoms with Gasteiger partial charge in [-0.2, -0.15) is 0 Å². The normalized spacial score (nSPS) is 13.9. The fourth-order valence-corrected chi connectivity index (χ4v) is 9.80. The van der Waals surface area contributed by atoms with Gasteiger partial charge in [-0.1, -0.05) is 86.6 Å². The number of hydrogen-bond donors (Lipinski definition) is 19. The van der Waals surface area contributed by atoms with E-state index in [2.05, 4.69) is 57.8 Å². The van der Waals surface area contributed by atoms with E-state index in [1.54, 1.807) is 74.6 Å². The molecule has 0 saturated carbocycles. The Kier molecular flexibility index (Phi) is 28.9. The largest absolute Gasteiger partial charge is 0.508 e. The van der Waals surface area contributed by atoms with Crippen molar-refractivity contribution >= 4 is 87.7 Å². The van der Waals surface area contributed by atoms with Crippen molar-refractivity contribution in [2.24, 2.45) is 45.3 Å². The highest BCUT2D eigenvalue weighted by Gasteiger charge is 2.36. The van der Waals surface area contributed by atoms with Crippen LogP contribution in [0.15, 0.2) is 114 Å². The Morgan fingerprint density at radius 2 is 0.937 bits per heavy atom. The second-order valence-electron chi connectivity index (χ2n) is 22.9. The molecule has 0 spiro atoms. The molecule has 25 N–H and O–H groups in total. The molecule has 5 aromatic rings. The number of fused-ring (bicyclic) bond motifs is 1. The number of H-pyrrole nitrogens is 1. The Morgan fingerprint density at radius 1 is 0.484 bits per heavy atom. The molecule has 0 aliphatic carbocycles. The Labute approximate surface area is 545 Å². The molecule has 1 aromatic heterocycles. The van der Waals surface area contributed by atoms with Crippen molar-refractivity contribution in [2.45, 2.75) is 126 Å². The number of guanidine groups is 1. The lowest BCUT2D eigenvalue weighted by Crippen LogP contribution is -2.61. The SMILES string of the molecule is CC(C)CC(NC(=O)CNC(=O)C(Cc1ccccc1)NC(=O)C(CO)NC(=O)C(CC(N)=O)NC(=O)C(Cc1c[nH]c2ccccc12)NC(=O)C(CC(N)=O)NC(=O)C(N)Cc1ccc(O)cc1)C(=O)NC(CCCN=C(N)N)C(=O)NC(Cc1ccc(O)cc1)C(N)=O. The van der Waals surface area contributed by atoms with E-state index in [4.69, 9.17) is 34.4 Å². The number of nitrogens with two attached hydrogens (primary N) is 6. The molecule has 0 radical (unpaired) electrons. The van der Waals surface area contributed by atoms with Crippen LogP contribution in [0.4, 0.5) is 0 Å². The van der Waals surface area contributed by atoms with Gasteiger partial charge in [0.15, 0.2) is 5.96 Å². The molecule has 5 rings (SSSR count). The molecule has 12 amide bonds. The number of aromatic amines is 1. The summed E-state index contributed by atoms with van der Waals surface area (Å²) in [6.07, 6.45) is -0.685. The summed E-state index contributed by atoms with van der Waals surface area (Å²) in [5, 5.41) is 52.7. The van der Waals surface area contributed by atoms with E-state index in [9.17, 15) is 72.9 Å². The van der Waals surface area contributed by atoms with E-state index >= 15 is 0 Å². The number of phenolic OH excluding ortho intramolecular Hbond substituents is 2. The minimum Gasteiger partial charge on any atom is -0.508 e. The second kappa shape index (κ2) is 36.8. The number of aromatic hydroxyl groups is 2. The second-order valence-corrected chi connectivity index (χ2v) is 22.9. The number of benzene rings is 4. The van der Waals surface area contributed by atoms with Gasteiger partial charge in [-0.25, -0.2) is 0 Å². The van der Waals surface area contributed by atoms with Gasteiger partial charge in [-0.3, -0.25) is 62.5 Å². The number of hydrogen-bond acceptors (Lipinski definition) is 17. The summed E-state index contributed by atoms with van der Waals surface area (Å²) in [4.78, 5) is 170. The number of carbonyl (C=O) groups is 12. The van der Waals surface area contributed by atoms with Gasteiger partial charge in [-0.15, -0.1) is 0 Å². The Hall–Kier alpha value is -11.2. The molecular weight excluding hydrogens is 1230 g/mol. The first-order chi connectivity index (χ1) is 45.1. The fourth-order valence-electron chi connectivity index (χ4n) is 9.80. The third-order valence-corrected chi connectivity index (χ3v) is 14.7. The first-order valence-electron chi connectivity index (χ1n) is 30.2. The van der Waals surface area contributed by atoms with Gasteiger partial charge >= 0.3 is 0 Å². The average Bonchev–Trinajstić information content (AvgIpc) is 1.74. The third-order valence-electron chi connectivity index (χ3n) is 14.7. The number of carbonyl (C=O) groups excluding carboxylic acids is 12. The van der Waals surface area contributed by atoms with Crippen LogP contribution in [0.3, 0.4) is 0 Å². The Balaban J connectivity index is 1.30. The molecule has 0 fully saturated rings. The lowest BCUT2D eigenvalue weighted by molar-refractivity contribution is -0.136. The molecule has 0 bridgehead atoms. The van der Waals surface area contributed by atoms with E-state index in [1.807, 2.05) is 0 Å². The fraction of sp³-hybridized carbons (Fsp3) is 0.381. The van der Waals surface area contributed by atoms with Gasteiger partial charge in [0.05, 0.1) is 32.0 Å². The number of rotatable bonds is 38. The predicted octanol–water partition coefficient (Wildman–Crippen LogP) is -4.50. The Morgan fingerprint density at radius 3 is 1.49 bits per heavy atom. The van der Waals surface area contributed by atoms with Crippen LogP contribution < -0.4 is 82.3 Å². The number of aromatic nitrogens is 1. The number of para-hydroxylation sites is 1. The van der Waals surface area contributed by atoms with Crippen LogP contribution in [-0.4, -0.2) is 171 Å². The summed E-state index contributed by atoms with van der Waals surface area (Å²) in [5.41, 5.74) is 36.5. The smallest absolute Gasteiger partial charge is 0.245 e. The zero-order chi connectivity index (χ0) is 69.9. The highest BCUT2D eigenvalue weighted by Crippen LogP contribution is 2.20. The van der Waals surface area contributed by atoms with Crippen molar-refractivity contribution in [1.29, 1.82) is 0 Å². The van der Waals surface area contributed by atoms with Crippen molar-refractivity contribution in [3.05, 3.63) is 132 Å².